The lowest BCUT2D eigenvalue weighted by molar-refractivity contribution is 0.321. The molecule has 1 saturated heterocycles. The maximum absolute atomic E-state index is 5.62. The molecule has 1 aliphatic heterocycles. The van der Waals surface area contributed by atoms with Gasteiger partial charge in [0.25, 0.3) is 0 Å². The number of hydrazine groups is 1. The molecule has 19 heavy (non-hydrogen) atoms. The number of nitrogens with one attached hydrogen (secondary N) is 2. The smallest absolute Gasteiger partial charge is 0.206 e. The van der Waals surface area contributed by atoms with Crippen LogP contribution in [0.15, 0.2) is 4.99 Å². The SMILES string of the molecule is NNC(=NC1CCCCC1)NC1CCN(C2CC2)C1. The second-order valence-corrected chi connectivity index (χ2v) is 6.27. The molecule has 5 heteroatoms. The third kappa shape index (κ3) is 3.60. The molecule has 2 saturated carbocycles. The Hall–Kier alpha value is -0.810. The predicted molar refractivity (Wildman–Crippen MR) is 77.8 cm³/mol. The van der Waals surface area contributed by atoms with E-state index in [0.717, 1.165) is 18.5 Å². The van der Waals surface area contributed by atoms with Crippen molar-refractivity contribution in [3.8, 4) is 0 Å². The molecule has 1 atom stereocenters. The van der Waals surface area contributed by atoms with E-state index in [1.165, 1.54) is 57.9 Å². The maximum atomic E-state index is 5.62. The number of rotatable bonds is 3. The molecule has 0 amide bonds. The van der Waals surface area contributed by atoms with Crippen LogP contribution in [-0.4, -0.2) is 42.1 Å². The summed E-state index contributed by atoms with van der Waals surface area (Å²) in [6.07, 6.45) is 10.4. The topological polar surface area (TPSA) is 65.7 Å². The normalized spacial score (nSPS) is 30.6. The largest absolute Gasteiger partial charge is 0.351 e. The molecule has 2 aliphatic carbocycles. The molecular formula is C14H27N5. The molecule has 3 aliphatic rings. The van der Waals surface area contributed by atoms with Crippen molar-refractivity contribution in [3.63, 3.8) is 0 Å². The second kappa shape index (κ2) is 6.09. The van der Waals surface area contributed by atoms with E-state index in [9.17, 15) is 0 Å². The number of nitrogens with zero attached hydrogens (tertiary/aromatic N) is 2. The van der Waals surface area contributed by atoms with Gasteiger partial charge in [-0.3, -0.25) is 10.3 Å². The predicted octanol–water partition coefficient (Wildman–Crippen LogP) is 0.965. The summed E-state index contributed by atoms with van der Waals surface area (Å²) in [5, 5.41) is 3.50. The van der Waals surface area contributed by atoms with Crippen molar-refractivity contribution >= 4 is 5.96 Å². The first-order chi connectivity index (χ1) is 9.35. The first-order valence-electron chi connectivity index (χ1n) is 7.90. The summed E-state index contributed by atoms with van der Waals surface area (Å²) in [6.45, 7) is 2.37. The molecule has 0 aromatic rings. The van der Waals surface area contributed by atoms with Crippen LogP contribution < -0.4 is 16.6 Å². The standard InChI is InChI=1S/C14H27N5/c15-18-14(16-11-4-2-1-3-5-11)17-12-8-9-19(10-12)13-6-7-13/h11-13H,1-10,15H2,(H2,16,17,18). The molecule has 0 bridgehead atoms. The van der Waals surface area contributed by atoms with Crippen LogP contribution in [0.25, 0.3) is 0 Å². The van der Waals surface area contributed by atoms with Crippen LogP contribution in [0.5, 0.6) is 0 Å². The molecule has 0 aromatic carbocycles. The minimum Gasteiger partial charge on any atom is -0.351 e. The third-order valence-electron chi connectivity index (χ3n) is 4.65. The summed E-state index contributed by atoms with van der Waals surface area (Å²) in [5.41, 5.74) is 2.76. The van der Waals surface area contributed by atoms with Crippen LogP contribution >= 0.6 is 0 Å². The van der Waals surface area contributed by atoms with Gasteiger partial charge in [-0.25, -0.2) is 10.8 Å². The average Bonchev–Trinajstić information content (AvgIpc) is 3.20. The first kappa shape index (κ1) is 13.2. The molecule has 3 rings (SSSR count). The highest BCUT2D eigenvalue weighted by molar-refractivity contribution is 5.79. The molecular weight excluding hydrogens is 238 g/mol. The van der Waals surface area contributed by atoms with E-state index in [1.807, 2.05) is 0 Å². The summed E-state index contributed by atoms with van der Waals surface area (Å²) < 4.78 is 0. The second-order valence-electron chi connectivity index (χ2n) is 6.27. The van der Waals surface area contributed by atoms with Gasteiger partial charge in [0.2, 0.25) is 5.96 Å². The summed E-state index contributed by atoms with van der Waals surface area (Å²) in [5.74, 6) is 6.42. The van der Waals surface area contributed by atoms with Crippen molar-refractivity contribution < 1.29 is 0 Å². The van der Waals surface area contributed by atoms with E-state index in [-0.39, 0.29) is 0 Å². The van der Waals surface area contributed by atoms with Gasteiger partial charge in [0, 0.05) is 25.2 Å². The summed E-state index contributed by atoms with van der Waals surface area (Å²) in [7, 11) is 0. The number of hydrogen-bond donors (Lipinski definition) is 3. The van der Waals surface area contributed by atoms with E-state index in [4.69, 9.17) is 10.8 Å². The number of guanidine groups is 1. The highest BCUT2D eigenvalue weighted by Crippen LogP contribution is 2.29. The fraction of sp³-hybridized carbons (Fsp3) is 0.929. The van der Waals surface area contributed by atoms with Gasteiger partial charge < -0.3 is 5.32 Å². The molecule has 0 spiro atoms. The minimum absolute atomic E-state index is 0.466. The number of likely N-dealkylation sites (tertiary alicyclic amines) is 1. The molecule has 108 valence electrons. The highest BCUT2D eigenvalue weighted by Gasteiger charge is 2.34. The van der Waals surface area contributed by atoms with Gasteiger partial charge in [-0.1, -0.05) is 19.3 Å². The lowest BCUT2D eigenvalue weighted by Crippen LogP contribution is -2.48. The Kier molecular flexibility index (Phi) is 4.23. The lowest BCUT2D eigenvalue weighted by atomic mass is 9.96. The molecule has 3 fully saturated rings. The zero-order valence-corrected chi connectivity index (χ0v) is 11.8. The van der Waals surface area contributed by atoms with E-state index >= 15 is 0 Å². The Bertz CT molecular complexity index is 320. The van der Waals surface area contributed by atoms with Crippen LogP contribution in [-0.2, 0) is 0 Å². The van der Waals surface area contributed by atoms with E-state index in [1.54, 1.807) is 0 Å². The van der Waals surface area contributed by atoms with Crippen LogP contribution in [0.2, 0.25) is 0 Å². The van der Waals surface area contributed by atoms with Crippen molar-refractivity contribution in [3.05, 3.63) is 0 Å². The Morgan fingerprint density at radius 2 is 1.84 bits per heavy atom. The molecule has 5 nitrogen and oxygen atoms in total. The van der Waals surface area contributed by atoms with E-state index in [0.29, 0.717) is 12.1 Å². The Morgan fingerprint density at radius 3 is 2.53 bits per heavy atom. The molecule has 0 radical (unpaired) electrons. The number of nitrogens with two attached hydrogens (primary N) is 1. The van der Waals surface area contributed by atoms with Crippen LogP contribution in [0.4, 0.5) is 0 Å². The van der Waals surface area contributed by atoms with Crippen LogP contribution in [0, 0.1) is 0 Å². The first-order valence-corrected chi connectivity index (χ1v) is 7.90. The summed E-state index contributed by atoms with van der Waals surface area (Å²) in [6, 6.07) is 1.85. The monoisotopic (exact) mass is 265 g/mol. The van der Waals surface area contributed by atoms with Crippen molar-refractivity contribution in [1.82, 2.24) is 15.6 Å². The van der Waals surface area contributed by atoms with Crippen molar-refractivity contribution in [2.45, 2.75) is 69.5 Å². The van der Waals surface area contributed by atoms with Crippen molar-refractivity contribution in [2.24, 2.45) is 10.8 Å². The lowest BCUT2D eigenvalue weighted by Gasteiger charge is -2.21. The highest BCUT2D eigenvalue weighted by atomic mass is 15.4. The van der Waals surface area contributed by atoms with E-state index < -0.39 is 0 Å². The van der Waals surface area contributed by atoms with Gasteiger partial charge in [0.05, 0.1) is 6.04 Å². The van der Waals surface area contributed by atoms with Gasteiger partial charge in [0.15, 0.2) is 0 Å². The molecule has 4 N–H and O–H groups in total. The molecule has 1 heterocycles. The zero-order chi connectivity index (χ0) is 13.1. The fourth-order valence-electron chi connectivity index (χ4n) is 3.38. The van der Waals surface area contributed by atoms with Crippen molar-refractivity contribution in [2.75, 3.05) is 13.1 Å². The fourth-order valence-corrected chi connectivity index (χ4v) is 3.38. The van der Waals surface area contributed by atoms with Gasteiger partial charge in [-0.2, -0.15) is 0 Å². The minimum atomic E-state index is 0.466. The maximum Gasteiger partial charge on any atom is 0.206 e. The molecule has 0 aromatic heterocycles. The van der Waals surface area contributed by atoms with Gasteiger partial charge >= 0.3 is 0 Å². The van der Waals surface area contributed by atoms with Gasteiger partial charge in [-0.05, 0) is 32.1 Å². The summed E-state index contributed by atoms with van der Waals surface area (Å²) in [4.78, 5) is 7.36. The van der Waals surface area contributed by atoms with Gasteiger partial charge in [0.1, 0.15) is 0 Å². The number of aliphatic imine (C=N–C) groups is 1. The zero-order valence-electron chi connectivity index (χ0n) is 11.8. The van der Waals surface area contributed by atoms with E-state index in [2.05, 4.69) is 15.6 Å². The van der Waals surface area contributed by atoms with Crippen LogP contribution in [0.3, 0.4) is 0 Å². The average molecular weight is 265 g/mol. The number of hydrogen-bond acceptors (Lipinski definition) is 3. The van der Waals surface area contributed by atoms with Crippen LogP contribution in [0.1, 0.15) is 51.4 Å². The summed E-state index contributed by atoms with van der Waals surface area (Å²) >= 11 is 0. The Labute approximate surface area is 116 Å². The quantitative estimate of drug-likeness (QED) is 0.308. The van der Waals surface area contributed by atoms with Crippen molar-refractivity contribution in [1.29, 1.82) is 0 Å². The molecule has 1 unspecified atom stereocenters. The third-order valence-corrected chi connectivity index (χ3v) is 4.65. The Morgan fingerprint density at radius 1 is 1.05 bits per heavy atom. The Balaban J connectivity index is 1.49. The van der Waals surface area contributed by atoms with Gasteiger partial charge in [-0.15, -0.1) is 0 Å².